The molecule has 64 valence electrons. The summed E-state index contributed by atoms with van der Waals surface area (Å²) in [5, 5.41) is 4.27. The maximum absolute atomic E-state index is 10.7. The molecule has 0 rings (SSSR count). The molecular weight excluding hydrogens is 150 g/mol. The predicted molar refractivity (Wildman–Crippen MR) is 37.6 cm³/mol. The van der Waals surface area contributed by atoms with Crippen molar-refractivity contribution >= 4 is 11.9 Å². The Morgan fingerprint density at radius 3 is 2.55 bits per heavy atom. The fraction of sp³-hybridized carbons (Fsp3) is 0.600. The van der Waals surface area contributed by atoms with Gasteiger partial charge in [0.25, 0.3) is 0 Å². The topological polar surface area (TPSA) is 79.5 Å². The average molecular weight is 161 g/mol. The van der Waals surface area contributed by atoms with Gasteiger partial charge in [-0.05, 0) is 0 Å². The van der Waals surface area contributed by atoms with Gasteiger partial charge in [-0.2, -0.15) is 5.48 Å². The van der Waals surface area contributed by atoms with E-state index < -0.39 is 11.9 Å². The summed E-state index contributed by atoms with van der Waals surface area (Å²) in [6, 6.07) is -0.534. The van der Waals surface area contributed by atoms with E-state index in [9.17, 15) is 9.59 Å². The highest BCUT2D eigenvalue weighted by Gasteiger charge is 2.03. The summed E-state index contributed by atoms with van der Waals surface area (Å²) in [6.45, 7) is -0.0517. The van der Waals surface area contributed by atoms with Crippen molar-refractivity contribution < 1.29 is 14.4 Å². The van der Waals surface area contributed by atoms with Crippen molar-refractivity contribution in [3.8, 4) is 0 Å². The lowest BCUT2D eigenvalue weighted by atomic mass is 10.6. The Labute approximate surface area is 64.2 Å². The van der Waals surface area contributed by atoms with Crippen LogP contribution in [0.3, 0.4) is 0 Å². The number of carbonyl (C=O) groups excluding carboxylic acids is 2. The van der Waals surface area contributed by atoms with Gasteiger partial charge >= 0.3 is 6.03 Å². The van der Waals surface area contributed by atoms with Crippen LogP contribution < -0.4 is 16.1 Å². The van der Waals surface area contributed by atoms with Gasteiger partial charge in [-0.25, -0.2) is 4.79 Å². The van der Waals surface area contributed by atoms with Crippen molar-refractivity contribution in [3.05, 3.63) is 0 Å². The third-order valence-electron chi connectivity index (χ3n) is 0.857. The smallest absolute Gasteiger partial charge is 0.321 e. The lowest BCUT2D eigenvalue weighted by Crippen LogP contribution is -2.41. The normalized spacial score (nSPS) is 8.91. The van der Waals surface area contributed by atoms with E-state index >= 15 is 0 Å². The fourth-order valence-electron chi connectivity index (χ4n) is 0.371. The molecular formula is C5H11N3O3. The first-order valence-electron chi connectivity index (χ1n) is 2.98. The molecule has 0 bridgehead atoms. The molecule has 3 amide bonds. The van der Waals surface area contributed by atoms with E-state index in [1.807, 2.05) is 5.32 Å². The Morgan fingerprint density at radius 1 is 1.45 bits per heavy atom. The highest BCUT2D eigenvalue weighted by molar-refractivity contribution is 5.95. The molecule has 0 aliphatic rings. The van der Waals surface area contributed by atoms with Gasteiger partial charge in [0.2, 0.25) is 5.91 Å². The summed E-state index contributed by atoms with van der Waals surface area (Å²) in [4.78, 5) is 25.5. The molecule has 0 fully saturated rings. The second-order valence-electron chi connectivity index (χ2n) is 1.65. The highest BCUT2D eigenvalue weighted by Crippen LogP contribution is 1.65. The standard InChI is InChI=1S/C5H11N3O3/c1-6-5(10)8-4(9)3-7-11-2/h7H,3H2,1-2H3,(H2,6,8,9,10). The molecule has 6 heteroatoms. The van der Waals surface area contributed by atoms with Crippen LogP contribution in [0.4, 0.5) is 4.79 Å². The molecule has 0 aromatic heterocycles. The Balaban J connectivity index is 3.44. The number of urea groups is 1. The van der Waals surface area contributed by atoms with E-state index in [2.05, 4.69) is 15.6 Å². The van der Waals surface area contributed by atoms with Crippen LogP contribution in [-0.2, 0) is 9.63 Å². The van der Waals surface area contributed by atoms with Crippen LogP contribution in [0.25, 0.3) is 0 Å². The molecule has 0 radical (unpaired) electrons. The number of hydrogen-bond acceptors (Lipinski definition) is 4. The molecule has 0 aliphatic heterocycles. The Morgan fingerprint density at radius 2 is 2.09 bits per heavy atom. The Hall–Kier alpha value is -1.14. The number of rotatable bonds is 3. The van der Waals surface area contributed by atoms with Crippen LogP contribution in [-0.4, -0.2) is 32.6 Å². The monoisotopic (exact) mass is 161 g/mol. The van der Waals surface area contributed by atoms with Gasteiger partial charge in [-0.1, -0.05) is 0 Å². The Bertz CT molecular complexity index is 148. The van der Waals surface area contributed by atoms with Crippen LogP contribution >= 0.6 is 0 Å². The van der Waals surface area contributed by atoms with E-state index in [0.717, 1.165) is 0 Å². The van der Waals surface area contributed by atoms with Crippen LogP contribution in [0.1, 0.15) is 0 Å². The van der Waals surface area contributed by atoms with Gasteiger partial charge in [-0.15, -0.1) is 0 Å². The fourth-order valence-corrected chi connectivity index (χ4v) is 0.371. The minimum atomic E-state index is -0.534. The number of hydrogen-bond donors (Lipinski definition) is 3. The van der Waals surface area contributed by atoms with E-state index in [4.69, 9.17) is 0 Å². The molecule has 0 spiro atoms. The van der Waals surface area contributed by atoms with Crippen LogP contribution in [0.5, 0.6) is 0 Å². The predicted octanol–water partition coefficient (Wildman–Crippen LogP) is -1.41. The Kier molecular flexibility index (Phi) is 5.05. The summed E-state index contributed by atoms with van der Waals surface area (Å²) in [6.07, 6.45) is 0. The zero-order valence-corrected chi connectivity index (χ0v) is 6.43. The van der Waals surface area contributed by atoms with Crippen LogP contribution in [0, 0.1) is 0 Å². The van der Waals surface area contributed by atoms with Crippen molar-refractivity contribution in [2.24, 2.45) is 0 Å². The molecule has 11 heavy (non-hydrogen) atoms. The summed E-state index contributed by atoms with van der Waals surface area (Å²) < 4.78 is 0. The van der Waals surface area contributed by atoms with Gasteiger partial charge in [0, 0.05) is 7.05 Å². The summed E-state index contributed by atoms with van der Waals surface area (Å²) >= 11 is 0. The minimum Gasteiger partial charge on any atom is -0.341 e. The first-order valence-corrected chi connectivity index (χ1v) is 2.98. The van der Waals surface area contributed by atoms with E-state index in [-0.39, 0.29) is 6.54 Å². The van der Waals surface area contributed by atoms with Crippen LogP contribution in [0.15, 0.2) is 0 Å². The average Bonchev–Trinajstić information content (AvgIpc) is 2.00. The van der Waals surface area contributed by atoms with Crippen molar-refractivity contribution in [1.82, 2.24) is 16.1 Å². The quantitative estimate of drug-likeness (QED) is 0.444. The number of hydroxylamine groups is 1. The second kappa shape index (κ2) is 5.63. The number of nitrogens with one attached hydrogen (secondary N) is 3. The summed E-state index contributed by atoms with van der Waals surface area (Å²) in [7, 11) is 2.81. The summed E-state index contributed by atoms with van der Waals surface area (Å²) in [5.41, 5.74) is 2.29. The van der Waals surface area contributed by atoms with E-state index in [1.165, 1.54) is 14.2 Å². The molecule has 6 nitrogen and oxygen atoms in total. The van der Waals surface area contributed by atoms with Crippen molar-refractivity contribution in [2.45, 2.75) is 0 Å². The van der Waals surface area contributed by atoms with Crippen molar-refractivity contribution in [2.75, 3.05) is 20.7 Å². The van der Waals surface area contributed by atoms with Gasteiger partial charge in [0.1, 0.15) is 6.54 Å². The first kappa shape index (κ1) is 9.86. The molecule has 0 aromatic rings. The number of amides is 3. The molecule has 0 unspecified atom stereocenters. The lowest BCUT2D eigenvalue weighted by molar-refractivity contribution is -0.121. The molecule has 0 saturated carbocycles. The molecule has 0 aromatic carbocycles. The zero-order chi connectivity index (χ0) is 8.69. The van der Waals surface area contributed by atoms with Gasteiger partial charge in [-0.3, -0.25) is 10.1 Å². The largest absolute Gasteiger partial charge is 0.341 e. The third-order valence-corrected chi connectivity index (χ3v) is 0.857. The number of imide groups is 1. The van der Waals surface area contributed by atoms with Crippen LogP contribution in [0.2, 0.25) is 0 Å². The second-order valence-corrected chi connectivity index (χ2v) is 1.65. The van der Waals surface area contributed by atoms with Crippen molar-refractivity contribution in [1.29, 1.82) is 0 Å². The molecule has 0 saturated heterocycles. The highest BCUT2D eigenvalue weighted by atomic mass is 16.6. The molecule has 0 aliphatic carbocycles. The van der Waals surface area contributed by atoms with Crippen molar-refractivity contribution in [3.63, 3.8) is 0 Å². The lowest BCUT2D eigenvalue weighted by Gasteiger charge is -2.02. The third kappa shape index (κ3) is 5.31. The summed E-state index contributed by atoms with van der Waals surface area (Å²) in [5.74, 6) is -0.453. The maximum atomic E-state index is 10.7. The van der Waals surface area contributed by atoms with Gasteiger partial charge in [0.15, 0.2) is 0 Å². The molecule has 0 atom stereocenters. The molecule has 3 N–H and O–H groups in total. The van der Waals surface area contributed by atoms with E-state index in [1.54, 1.807) is 0 Å². The van der Waals surface area contributed by atoms with Gasteiger partial charge < -0.3 is 10.2 Å². The number of carbonyl (C=O) groups is 2. The minimum absolute atomic E-state index is 0.0517. The molecule has 0 heterocycles. The van der Waals surface area contributed by atoms with E-state index in [0.29, 0.717) is 0 Å². The van der Waals surface area contributed by atoms with Gasteiger partial charge in [0.05, 0.1) is 7.11 Å². The maximum Gasteiger partial charge on any atom is 0.321 e. The first-order chi connectivity index (χ1) is 5.20. The SMILES string of the molecule is CNC(=O)NC(=O)CNOC. The zero-order valence-electron chi connectivity index (χ0n) is 6.43.